The van der Waals surface area contributed by atoms with Crippen LogP contribution in [0.1, 0.15) is 24.5 Å². The van der Waals surface area contributed by atoms with Crippen molar-refractivity contribution in [2.24, 2.45) is 4.99 Å². The molecular weight excluding hydrogens is 464 g/mol. The molecule has 0 fully saturated rings. The number of methoxy groups -OCH3 is 1. The summed E-state index contributed by atoms with van der Waals surface area (Å²) in [5.41, 5.74) is 0.969. The van der Waals surface area contributed by atoms with E-state index in [1.807, 2.05) is 19.1 Å². The third-order valence-electron chi connectivity index (χ3n) is 5.42. The SMILES string of the molecule is C=C/C=C\C(=C(\C)CC(=O)N=c1c(C#N)cc2c(=O)n3cccc(C)c3nc2n1CCOC)[N+](=O)[O-]. The van der Waals surface area contributed by atoms with Crippen LogP contribution in [0.3, 0.4) is 0 Å². The first-order chi connectivity index (χ1) is 17.2. The van der Waals surface area contributed by atoms with Gasteiger partial charge in [-0.2, -0.15) is 10.3 Å². The largest absolute Gasteiger partial charge is 0.383 e. The number of hydrogen-bond donors (Lipinski definition) is 0. The number of allylic oxidation sites excluding steroid dienone is 3. The minimum absolute atomic E-state index is 0.00558. The summed E-state index contributed by atoms with van der Waals surface area (Å²) < 4.78 is 8.08. The molecule has 0 unspecified atom stereocenters. The van der Waals surface area contributed by atoms with E-state index in [4.69, 9.17) is 4.74 Å². The molecule has 0 saturated heterocycles. The predicted molar refractivity (Wildman–Crippen MR) is 133 cm³/mol. The first kappa shape index (κ1) is 25.9. The van der Waals surface area contributed by atoms with Gasteiger partial charge in [0.25, 0.3) is 17.2 Å². The van der Waals surface area contributed by atoms with Gasteiger partial charge in [-0.25, -0.2) is 4.98 Å². The Kier molecular flexibility index (Phi) is 8.03. The van der Waals surface area contributed by atoms with Gasteiger partial charge in [0.05, 0.1) is 28.9 Å². The lowest BCUT2D eigenvalue weighted by atomic mass is 10.1. The Bertz CT molecular complexity index is 1620. The molecule has 184 valence electrons. The lowest BCUT2D eigenvalue weighted by molar-refractivity contribution is -0.420. The monoisotopic (exact) mass is 488 g/mol. The standard InChI is InChI=1S/C25H24N6O5/c1-5-6-9-20(31(34)35)17(3)13-21(32)27-23-18(15-26)14-19-24(29(23)11-12-36-4)28-22-16(2)8-7-10-30(22)25(19)33/h5-10,14H,1,11-13H2,2-4H3/b9-6-,20-17+,27-23?. The number of aromatic nitrogens is 3. The Balaban J connectivity index is 2.31. The fourth-order valence-electron chi connectivity index (χ4n) is 3.68. The Morgan fingerprint density at radius 2 is 2.17 bits per heavy atom. The zero-order valence-corrected chi connectivity index (χ0v) is 20.1. The highest BCUT2D eigenvalue weighted by molar-refractivity contribution is 5.81. The maximum atomic E-state index is 13.2. The van der Waals surface area contributed by atoms with E-state index < -0.39 is 10.8 Å². The summed E-state index contributed by atoms with van der Waals surface area (Å²) in [4.78, 5) is 45.7. The lowest BCUT2D eigenvalue weighted by Crippen LogP contribution is -2.30. The number of aryl methyl sites for hydroxylation is 1. The number of carbonyl (C=O) groups is 1. The Morgan fingerprint density at radius 3 is 2.81 bits per heavy atom. The smallest absolute Gasteiger partial charge is 0.268 e. The molecule has 0 aliphatic rings. The van der Waals surface area contributed by atoms with E-state index >= 15 is 0 Å². The number of nitriles is 1. The molecule has 1 amide bonds. The molecule has 0 radical (unpaired) electrons. The van der Waals surface area contributed by atoms with Crippen LogP contribution in [-0.2, 0) is 16.1 Å². The van der Waals surface area contributed by atoms with E-state index in [0.29, 0.717) is 5.65 Å². The maximum Gasteiger partial charge on any atom is 0.268 e. The lowest BCUT2D eigenvalue weighted by Gasteiger charge is -2.13. The number of hydrogen-bond acceptors (Lipinski definition) is 7. The van der Waals surface area contributed by atoms with Crippen LogP contribution in [0, 0.1) is 28.4 Å². The van der Waals surface area contributed by atoms with E-state index in [1.165, 1.54) is 47.3 Å². The molecule has 3 aromatic rings. The van der Waals surface area contributed by atoms with Crippen molar-refractivity contribution in [3.63, 3.8) is 0 Å². The van der Waals surface area contributed by atoms with Gasteiger partial charge in [0.1, 0.15) is 17.4 Å². The summed E-state index contributed by atoms with van der Waals surface area (Å²) >= 11 is 0. The molecule has 11 heteroatoms. The molecule has 0 bridgehead atoms. The van der Waals surface area contributed by atoms with Crippen LogP contribution in [0.15, 0.2) is 70.3 Å². The zero-order valence-electron chi connectivity index (χ0n) is 20.1. The summed E-state index contributed by atoms with van der Waals surface area (Å²) in [5, 5.41) is 21.4. The minimum atomic E-state index is -0.699. The molecule has 36 heavy (non-hydrogen) atoms. The van der Waals surface area contributed by atoms with Crippen LogP contribution in [0.25, 0.3) is 16.7 Å². The van der Waals surface area contributed by atoms with Gasteiger partial charge < -0.3 is 9.30 Å². The molecule has 11 nitrogen and oxygen atoms in total. The Hall–Kier alpha value is -4.69. The van der Waals surface area contributed by atoms with Crippen molar-refractivity contribution < 1.29 is 14.5 Å². The van der Waals surface area contributed by atoms with E-state index in [1.54, 1.807) is 12.3 Å². The fourth-order valence-corrected chi connectivity index (χ4v) is 3.68. The molecule has 0 saturated carbocycles. The van der Waals surface area contributed by atoms with Crippen LogP contribution in [0.5, 0.6) is 0 Å². The Morgan fingerprint density at radius 1 is 1.42 bits per heavy atom. The summed E-state index contributed by atoms with van der Waals surface area (Å²) in [6.45, 7) is 7.10. The molecular formula is C25H24N6O5. The number of rotatable bonds is 8. The second-order valence-electron chi connectivity index (χ2n) is 7.88. The average molecular weight is 489 g/mol. The summed E-state index contributed by atoms with van der Waals surface area (Å²) in [5.74, 6) is -0.699. The fraction of sp³-hybridized carbons (Fsp3) is 0.240. The van der Waals surface area contributed by atoms with Crippen molar-refractivity contribution in [3.8, 4) is 6.07 Å². The molecule has 0 spiro atoms. The van der Waals surface area contributed by atoms with Gasteiger partial charge in [-0.15, -0.1) is 0 Å². The number of carbonyl (C=O) groups excluding carboxylic acids is 1. The third-order valence-corrected chi connectivity index (χ3v) is 5.42. The van der Waals surface area contributed by atoms with Crippen LogP contribution in [0.2, 0.25) is 0 Å². The average Bonchev–Trinajstić information content (AvgIpc) is 2.84. The minimum Gasteiger partial charge on any atom is -0.383 e. The van der Waals surface area contributed by atoms with Gasteiger partial charge in [-0.05, 0) is 31.5 Å². The van der Waals surface area contributed by atoms with E-state index in [9.17, 15) is 25.0 Å². The Labute approximate surface area is 205 Å². The van der Waals surface area contributed by atoms with Crippen LogP contribution in [0.4, 0.5) is 0 Å². The van der Waals surface area contributed by atoms with Crippen LogP contribution in [-0.4, -0.2) is 38.5 Å². The van der Waals surface area contributed by atoms with Gasteiger partial charge in [-0.3, -0.25) is 24.1 Å². The highest BCUT2D eigenvalue weighted by Gasteiger charge is 2.18. The van der Waals surface area contributed by atoms with E-state index in [2.05, 4.69) is 16.6 Å². The van der Waals surface area contributed by atoms with Crippen LogP contribution >= 0.6 is 0 Å². The molecule has 0 aliphatic heterocycles. The first-order valence-electron chi connectivity index (χ1n) is 10.9. The quantitative estimate of drug-likeness (QED) is 0.205. The number of amides is 1. The number of nitro groups is 1. The van der Waals surface area contributed by atoms with Crippen molar-refractivity contribution in [1.29, 1.82) is 5.26 Å². The summed E-state index contributed by atoms with van der Waals surface area (Å²) in [6, 6.07) is 6.89. The highest BCUT2D eigenvalue weighted by atomic mass is 16.6. The molecule has 0 atom stereocenters. The van der Waals surface area contributed by atoms with Crippen molar-refractivity contribution in [1.82, 2.24) is 14.0 Å². The van der Waals surface area contributed by atoms with Crippen LogP contribution < -0.4 is 11.0 Å². The molecule has 0 aliphatic carbocycles. The van der Waals surface area contributed by atoms with Crippen molar-refractivity contribution in [2.75, 3.05) is 13.7 Å². The van der Waals surface area contributed by atoms with Gasteiger partial charge in [0.2, 0.25) is 0 Å². The van der Waals surface area contributed by atoms with Crippen molar-refractivity contribution >= 4 is 22.6 Å². The second kappa shape index (κ2) is 11.2. The van der Waals surface area contributed by atoms with E-state index in [0.717, 1.165) is 5.56 Å². The third kappa shape index (κ3) is 5.18. The van der Waals surface area contributed by atoms with E-state index in [-0.39, 0.29) is 58.5 Å². The number of ether oxygens (including phenoxy) is 1. The first-order valence-corrected chi connectivity index (χ1v) is 10.9. The van der Waals surface area contributed by atoms with Crippen molar-refractivity contribution in [3.05, 3.63) is 97.6 Å². The van der Waals surface area contributed by atoms with Gasteiger partial charge in [0, 0.05) is 31.5 Å². The summed E-state index contributed by atoms with van der Waals surface area (Å²) in [7, 11) is 1.49. The number of fused-ring (bicyclic) bond motifs is 2. The molecule has 0 aromatic carbocycles. The van der Waals surface area contributed by atoms with Gasteiger partial charge in [-0.1, -0.05) is 24.8 Å². The molecule has 0 N–H and O–H groups in total. The molecule has 3 heterocycles. The van der Waals surface area contributed by atoms with Gasteiger partial charge in [0.15, 0.2) is 5.49 Å². The maximum absolute atomic E-state index is 13.2. The molecule has 3 aromatic heterocycles. The highest BCUT2D eigenvalue weighted by Crippen LogP contribution is 2.14. The number of nitrogens with zero attached hydrogens (tertiary/aromatic N) is 6. The predicted octanol–water partition coefficient (Wildman–Crippen LogP) is 2.59. The summed E-state index contributed by atoms with van der Waals surface area (Å²) in [6.07, 6.45) is 5.27. The molecule has 3 rings (SSSR count). The second-order valence-corrected chi connectivity index (χ2v) is 7.88. The van der Waals surface area contributed by atoms with Crippen molar-refractivity contribution in [2.45, 2.75) is 26.8 Å². The zero-order chi connectivity index (χ0) is 26.4. The number of pyridine rings is 2. The topological polar surface area (TPSA) is 145 Å². The van der Waals surface area contributed by atoms with Gasteiger partial charge >= 0.3 is 0 Å². The normalized spacial score (nSPS) is 12.7.